The molecule has 7 heteroatoms. The van der Waals surface area contributed by atoms with Gasteiger partial charge in [0.15, 0.2) is 11.5 Å². The molecule has 2 aromatic carbocycles. The van der Waals surface area contributed by atoms with E-state index in [0.717, 1.165) is 23.3 Å². The lowest BCUT2D eigenvalue weighted by atomic mass is 10.1. The van der Waals surface area contributed by atoms with Crippen molar-refractivity contribution in [3.63, 3.8) is 0 Å². The van der Waals surface area contributed by atoms with E-state index in [2.05, 4.69) is 10.6 Å². The molecular formula is C22H24N2O5. The molecule has 1 aliphatic heterocycles. The lowest BCUT2D eigenvalue weighted by Crippen LogP contribution is -2.31. The zero-order valence-corrected chi connectivity index (χ0v) is 16.3. The van der Waals surface area contributed by atoms with Crippen LogP contribution in [0, 0.1) is 11.8 Å². The second-order valence-electron chi connectivity index (χ2n) is 7.25. The molecule has 4 rings (SSSR count). The Labute approximate surface area is 169 Å². The minimum absolute atomic E-state index is 0.0591. The van der Waals surface area contributed by atoms with Crippen LogP contribution in [0.2, 0.25) is 0 Å². The fraction of sp³-hybridized carbons (Fsp3) is 0.364. The van der Waals surface area contributed by atoms with E-state index in [9.17, 15) is 9.59 Å². The summed E-state index contributed by atoms with van der Waals surface area (Å²) in [6.07, 6.45) is 1.31. The molecule has 29 heavy (non-hydrogen) atoms. The second kappa shape index (κ2) is 8.43. The molecule has 1 fully saturated rings. The summed E-state index contributed by atoms with van der Waals surface area (Å²) in [6, 6.07) is 13.4. The molecule has 2 atom stereocenters. The SMILES string of the molecule is COc1cccc(CCNC(=O)C2CC2C(=O)NCc2ccc3c(c2)OCO3)c1. The molecule has 0 radical (unpaired) electrons. The first-order chi connectivity index (χ1) is 14.1. The summed E-state index contributed by atoms with van der Waals surface area (Å²) < 4.78 is 15.8. The molecule has 0 spiro atoms. The van der Waals surface area contributed by atoms with Crippen molar-refractivity contribution in [3.8, 4) is 17.2 Å². The maximum Gasteiger partial charge on any atom is 0.231 e. The van der Waals surface area contributed by atoms with Gasteiger partial charge in [0.1, 0.15) is 5.75 Å². The fourth-order valence-electron chi connectivity index (χ4n) is 3.43. The van der Waals surface area contributed by atoms with Crippen molar-refractivity contribution in [1.82, 2.24) is 10.6 Å². The van der Waals surface area contributed by atoms with Crippen LogP contribution in [0.4, 0.5) is 0 Å². The average Bonchev–Trinajstić information content (AvgIpc) is 3.42. The number of carbonyl (C=O) groups is 2. The van der Waals surface area contributed by atoms with E-state index in [1.165, 1.54) is 0 Å². The van der Waals surface area contributed by atoms with Gasteiger partial charge in [-0.25, -0.2) is 0 Å². The molecule has 0 bridgehead atoms. The van der Waals surface area contributed by atoms with E-state index in [4.69, 9.17) is 14.2 Å². The number of methoxy groups -OCH3 is 1. The predicted octanol–water partition coefficient (Wildman–Crippen LogP) is 2.04. The maximum atomic E-state index is 12.3. The molecule has 2 aliphatic rings. The average molecular weight is 396 g/mol. The summed E-state index contributed by atoms with van der Waals surface area (Å²) in [6.45, 7) is 1.16. The van der Waals surface area contributed by atoms with Crippen molar-refractivity contribution in [1.29, 1.82) is 0 Å². The molecule has 2 aromatic rings. The quantitative estimate of drug-likeness (QED) is 0.713. The van der Waals surface area contributed by atoms with Crippen molar-refractivity contribution in [2.24, 2.45) is 11.8 Å². The topological polar surface area (TPSA) is 85.9 Å². The molecule has 1 aliphatic carbocycles. The first-order valence-electron chi connectivity index (χ1n) is 9.71. The number of carbonyl (C=O) groups excluding carboxylic acids is 2. The molecule has 0 saturated heterocycles. The van der Waals surface area contributed by atoms with Crippen LogP contribution >= 0.6 is 0 Å². The van der Waals surface area contributed by atoms with E-state index in [1.54, 1.807) is 7.11 Å². The smallest absolute Gasteiger partial charge is 0.231 e. The van der Waals surface area contributed by atoms with Gasteiger partial charge in [-0.05, 0) is 48.2 Å². The molecular weight excluding hydrogens is 372 g/mol. The third-order valence-corrected chi connectivity index (χ3v) is 5.21. The third-order valence-electron chi connectivity index (χ3n) is 5.21. The zero-order chi connectivity index (χ0) is 20.2. The summed E-state index contributed by atoms with van der Waals surface area (Å²) in [4.78, 5) is 24.6. The number of benzene rings is 2. The Morgan fingerprint density at radius 1 is 1.00 bits per heavy atom. The van der Waals surface area contributed by atoms with Crippen LogP contribution < -0.4 is 24.8 Å². The van der Waals surface area contributed by atoms with E-state index >= 15 is 0 Å². The highest BCUT2D eigenvalue weighted by Gasteiger charge is 2.47. The largest absolute Gasteiger partial charge is 0.497 e. The molecule has 2 amide bonds. The van der Waals surface area contributed by atoms with Crippen molar-refractivity contribution in [3.05, 3.63) is 53.6 Å². The number of rotatable bonds is 8. The van der Waals surface area contributed by atoms with Crippen molar-refractivity contribution < 1.29 is 23.8 Å². The van der Waals surface area contributed by atoms with Crippen LogP contribution in [0.25, 0.3) is 0 Å². The van der Waals surface area contributed by atoms with Crippen LogP contribution in [-0.4, -0.2) is 32.3 Å². The van der Waals surface area contributed by atoms with Gasteiger partial charge in [-0.15, -0.1) is 0 Å². The van der Waals surface area contributed by atoms with Gasteiger partial charge in [0.25, 0.3) is 0 Å². The van der Waals surface area contributed by atoms with E-state index in [1.807, 2.05) is 42.5 Å². The highest BCUT2D eigenvalue weighted by Crippen LogP contribution is 2.39. The van der Waals surface area contributed by atoms with E-state index in [0.29, 0.717) is 31.0 Å². The van der Waals surface area contributed by atoms with Crippen molar-refractivity contribution in [2.75, 3.05) is 20.4 Å². The zero-order valence-electron chi connectivity index (χ0n) is 16.3. The lowest BCUT2D eigenvalue weighted by molar-refractivity contribution is -0.127. The lowest BCUT2D eigenvalue weighted by Gasteiger charge is -2.08. The molecule has 1 heterocycles. The number of amides is 2. The van der Waals surface area contributed by atoms with Crippen LogP contribution in [-0.2, 0) is 22.6 Å². The minimum Gasteiger partial charge on any atom is -0.497 e. The van der Waals surface area contributed by atoms with Crippen LogP contribution in [0.15, 0.2) is 42.5 Å². The van der Waals surface area contributed by atoms with Gasteiger partial charge >= 0.3 is 0 Å². The molecule has 2 unspecified atom stereocenters. The molecule has 0 aromatic heterocycles. The van der Waals surface area contributed by atoms with Crippen LogP contribution in [0.1, 0.15) is 17.5 Å². The number of nitrogens with one attached hydrogen (secondary N) is 2. The summed E-state index contributed by atoms with van der Waals surface area (Å²) in [5, 5.41) is 5.83. The van der Waals surface area contributed by atoms with Crippen molar-refractivity contribution in [2.45, 2.75) is 19.4 Å². The van der Waals surface area contributed by atoms with Gasteiger partial charge in [-0.2, -0.15) is 0 Å². The third kappa shape index (κ3) is 4.62. The summed E-state index contributed by atoms with van der Waals surface area (Å²) in [5.74, 6) is 1.57. The summed E-state index contributed by atoms with van der Waals surface area (Å²) in [5.41, 5.74) is 2.03. The Hall–Kier alpha value is -3.22. The molecule has 7 nitrogen and oxygen atoms in total. The van der Waals surface area contributed by atoms with Gasteiger partial charge in [0.05, 0.1) is 18.9 Å². The Kier molecular flexibility index (Phi) is 5.55. The van der Waals surface area contributed by atoms with Crippen LogP contribution in [0.3, 0.4) is 0 Å². The summed E-state index contributed by atoms with van der Waals surface area (Å²) in [7, 11) is 1.63. The van der Waals surface area contributed by atoms with Gasteiger partial charge in [-0.3, -0.25) is 9.59 Å². The van der Waals surface area contributed by atoms with Gasteiger partial charge in [0, 0.05) is 13.1 Å². The van der Waals surface area contributed by atoms with Crippen molar-refractivity contribution >= 4 is 11.8 Å². The van der Waals surface area contributed by atoms with E-state index in [-0.39, 0.29) is 30.4 Å². The first kappa shape index (κ1) is 19.1. The standard InChI is InChI=1S/C22H24N2O5/c1-27-16-4-2-3-14(9-16)7-8-23-21(25)17-11-18(17)22(26)24-12-15-5-6-19-20(10-15)29-13-28-19/h2-6,9-10,17-18H,7-8,11-13H2,1H3,(H,23,25)(H,24,26). The first-order valence-corrected chi connectivity index (χ1v) is 9.71. The molecule has 152 valence electrons. The number of ether oxygens (including phenoxy) is 3. The Balaban J connectivity index is 1.18. The number of hydrogen-bond donors (Lipinski definition) is 2. The predicted molar refractivity (Wildman–Crippen MR) is 106 cm³/mol. The fourth-order valence-corrected chi connectivity index (χ4v) is 3.43. The Bertz CT molecular complexity index is 914. The molecule has 2 N–H and O–H groups in total. The number of fused-ring (bicyclic) bond motifs is 1. The molecule has 1 saturated carbocycles. The Morgan fingerprint density at radius 3 is 2.62 bits per heavy atom. The minimum atomic E-state index is -0.249. The normalized spacial score (nSPS) is 18.8. The monoisotopic (exact) mass is 396 g/mol. The van der Waals surface area contributed by atoms with Crippen LogP contribution in [0.5, 0.6) is 17.2 Å². The number of hydrogen-bond acceptors (Lipinski definition) is 5. The van der Waals surface area contributed by atoms with Gasteiger partial charge in [0.2, 0.25) is 18.6 Å². The van der Waals surface area contributed by atoms with Gasteiger partial charge in [-0.1, -0.05) is 18.2 Å². The van der Waals surface area contributed by atoms with Gasteiger partial charge < -0.3 is 24.8 Å². The highest BCUT2D eigenvalue weighted by atomic mass is 16.7. The maximum absolute atomic E-state index is 12.3. The Morgan fingerprint density at radius 2 is 1.79 bits per heavy atom. The summed E-state index contributed by atoms with van der Waals surface area (Å²) >= 11 is 0. The van der Waals surface area contributed by atoms with E-state index < -0.39 is 0 Å². The second-order valence-corrected chi connectivity index (χ2v) is 7.25. The highest BCUT2D eigenvalue weighted by molar-refractivity contribution is 5.92.